The molecule has 132 valence electrons. The van der Waals surface area contributed by atoms with Crippen LogP contribution < -0.4 is 0 Å². The fourth-order valence-electron chi connectivity index (χ4n) is 5.18. The van der Waals surface area contributed by atoms with Gasteiger partial charge in [-0.3, -0.25) is 4.79 Å². The number of aromatic nitrogens is 3. The molecular formula is C19H30N4O. The summed E-state index contributed by atoms with van der Waals surface area (Å²) in [5, 5.41) is 8.60. The predicted octanol–water partition coefficient (Wildman–Crippen LogP) is 3.57. The summed E-state index contributed by atoms with van der Waals surface area (Å²) in [5.41, 5.74) is 1.56. The van der Waals surface area contributed by atoms with Crippen LogP contribution in [0.25, 0.3) is 0 Å². The molecule has 0 aromatic carbocycles. The summed E-state index contributed by atoms with van der Waals surface area (Å²) in [4.78, 5) is 15.2. The van der Waals surface area contributed by atoms with Crippen molar-refractivity contribution in [2.45, 2.75) is 83.7 Å². The Labute approximate surface area is 144 Å². The van der Waals surface area contributed by atoms with Crippen LogP contribution in [0.2, 0.25) is 0 Å². The Bertz CT molecular complexity index is 584. The lowest BCUT2D eigenvalue weighted by Crippen LogP contribution is -2.39. The fraction of sp³-hybridized carbons (Fsp3) is 0.842. The standard InChI is InChI=1S/C19H30N4O/c1-14-18(20-21-23(14)13-15-7-2-3-8-15)19(24)22-12-6-11-17(22)16-9-4-5-10-16/h15-17H,2-13H2,1H3. The van der Waals surface area contributed by atoms with Gasteiger partial charge in [0.25, 0.3) is 5.91 Å². The Morgan fingerprint density at radius 1 is 1.04 bits per heavy atom. The SMILES string of the molecule is Cc1c(C(=O)N2CCCC2C2CCCC2)nnn1CC1CCCC1. The van der Waals surface area contributed by atoms with E-state index in [0.29, 0.717) is 23.6 Å². The summed E-state index contributed by atoms with van der Waals surface area (Å²) in [5.74, 6) is 1.55. The molecule has 1 unspecified atom stereocenters. The van der Waals surface area contributed by atoms with Crippen LogP contribution in [-0.2, 0) is 6.54 Å². The third-order valence-corrected chi connectivity index (χ3v) is 6.60. The van der Waals surface area contributed by atoms with Gasteiger partial charge in [-0.25, -0.2) is 4.68 Å². The molecule has 0 radical (unpaired) electrons. The number of hydrogen-bond acceptors (Lipinski definition) is 3. The second-order valence-corrected chi connectivity index (χ2v) is 8.11. The first-order valence-electron chi connectivity index (χ1n) is 9.95. The highest BCUT2D eigenvalue weighted by atomic mass is 16.2. The lowest BCUT2D eigenvalue weighted by atomic mass is 9.96. The number of carbonyl (C=O) groups is 1. The van der Waals surface area contributed by atoms with Crippen LogP contribution >= 0.6 is 0 Å². The minimum Gasteiger partial charge on any atom is -0.334 e. The lowest BCUT2D eigenvalue weighted by molar-refractivity contribution is 0.0682. The van der Waals surface area contributed by atoms with Crippen LogP contribution in [0.3, 0.4) is 0 Å². The molecule has 3 aliphatic rings. The number of amides is 1. The number of rotatable bonds is 4. The molecular weight excluding hydrogens is 300 g/mol. The van der Waals surface area contributed by atoms with Gasteiger partial charge in [0.1, 0.15) is 0 Å². The van der Waals surface area contributed by atoms with Crippen LogP contribution in [0.5, 0.6) is 0 Å². The van der Waals surface area contributed by atoms with E-state index in [2.05, 4.69) is 15.2 Å². The summed E-state index contributed by atoms with van der Waals surface area (Å²) >= 11 is 0. The second kappa shape index (κ2) is 6.85. The zero-order valence-electron chi connectivity index (χ0n) is 14.9. The maximum atomic E-state index is 13.1. The number of carbonyl (C=O) groups excluding carboxylic acids is 1. The van der Waals surface area contributed by atoms with Crippen LogP contribution in [0.15, 0.2) is 0 Å². The van der Waals surface area contributed by atoms with E-state index in [9.17, 15) is 4.79 Å². The summed E-state index contributed by atoms with van der Waals surface area (Å²) in [6.07, 6.45) is 12.8. The zero-order chi connectivity index (χ0) is 16.5. The minimum absolute atomic E-state index is 0.125. The van der Waals surface area contributed by atoms with Crippen molar-refractivity contribution in [1.29, 1.82) is 0 Å². The van der Waals surface area contributed by atoms with Gasteiger partial charge >= 0.3 is 0 Å². The highest BCUT2D eigenvalue weighted by Crippen LogP contribution is 2.36. The molecule has 2 aliphatic carbocycles. The average molecular weight is 330 g/mol. The Balaban J connectivity index is 1.48. The van der Waals surface area contributed by atoms with Gasteiger partial charge in [0, 0.05) is 19.1 Å². The molecule has 1 aromatic heterocycles. The highest BCUT2D eigenvalue weighted by molar-refractivity contribution is 5.93. The molecule has 0 spiro atoms. The summed E-state index contributed by atoms with van der Waals surface area (Å²) in [7, 11) is 0. The highest BCUT2D eigenvalue weighted by Gasteiger charge is 2.37. The fourth-order valence-corrected chi connectivity index (χ4v) is 5.18. The van der Waals surface area contributed by atoms with E-state index in [1.807, 2.05) is 11.6 Å². The molecule has 0 N–H and O–H groups in total. The van der Waals surface area contributed by atoms with Gasteiger partial charge < -0.3 is 4.90 Å². The van der Waals surface area contributed by atoms with Gasteiger partial charge in [-0.05, 0) is 57.3 Å². The molecule has 1 saturated heterocycles. The van der Waals surface area contributed by atoms with Gasteiger partial charge in [-0.15, -0.1) is 5.10 Å². The minimum atomic E-state index is 0.125. The monoisotopic (exact) mass is 330 g/mol. The Hall–Kier alpha value is -1.39. The molecule has 24 heavy (non-hydrogen) atoms. The summed E-state index contributed by atoms with van der Waals surface area (Å²) in [6.45, 7) is 3.84. The molecule has 5 heteroatoms. The van der Waals surface area contributed by atoms with Crippen molar-refractivity contribution in [2.75, 3.05) is 6.54 Å². The molecule has 1 aliphatic heterocycles. The zero-order valence-corrected chi connectivity index (χ0v) is 14.9. The van der Waals surface area contributed by atoms with E-state index < -0.39 is 0 Å². The largest absolute Gasteiger partial charge is 0.334 e. The third kappa shape index (κ3) is 2.98. The van der Waals surface area contributed by atoms with E-state index in [0.717, 1.165) is 25.2 Å². The molecule has 1 aromatic rings. The first-order valence-corrected chi connectivity index (χ1v) is 9.95. The van der Waals surface area contributed by atoms with Crippen LogP contribution in [0, 0.1) is 18.8 Å². The normalized spacial score (nSPS) is 25.9. The molecule has 2 saturated carbocycles. The van der Waals surface area contributed by atoms with Gasteiger partial charge in [0.15, 0.2) is 5.69 Å². The molecule has 3 fully saturated rings. The molecule has 1 amide bonds. The first kappa shape index (κ1) is 16.1. The molecule has 4 rings (SSSR count). The maximum Gasteiger partial charge on any atom is 0.276 e. The average Bonchev–Trinajstić information content (AvgIpc) is 3.36. The molecule has 5 nitrogen and oxygen atoms in total. The van der Waals surface area contributed by atoms with E-state index in [1.54, 1.807) is 0 Å². The van der Waals surface area contributed by atoms with Gasteiger partial charge in [0.2, 0.25) is 0 Å². The number of hydrogen-bond donors (Lipinski definition) is 0. The number of likely N-dealkylation sites (tertiary alicyclic amines) is 1. The van der Waals surface area contributed by atoms with Crippen molar-refractivity contribution in [2.24, 2.45) is 11.8 Å². The van der Waals surface area contributed by atoms with Crippen molar-refractivity contribution in [1.82, 2.24) is 19.9 Å². The van der Waals surface area contributed by atoms with Gasteiger partial charge in [0.05, 0.1) is 5.69 Å². The molecule has 0 bridgehead atoms. The summed E-state index contributed by atoms with van der Waals surface area (Å²) < 4.78 is 1.98. The smallest absolute Gasteiger partial charge is 0.276 e. The van der Waals surface area contributed by atoms with Crippen molar-refractivity contribution >= 4 is 5.91 Å². The molecule has 2 heterocycles. The van der Waals surface area contributed by atoms with Gasteiger partial charge in [-0.1, -0.05) is 30.9 Å². The van der Waals surface area contributed by atoms with Crippen molar-refractivity contribution in [3.05, 3.63) is 11.4 Å². The van der Waals surface area contributed by atoms with E-state index in [-0.39, 0.29) is 5.91 Å². The number of nitrogens with zero attached hydrogens (tertiary/aromatic N) is 4. The van der Waals surface area contributed by atoms with Crippen LogP contribution in [-0.4, -0.2) is 38.4 Å². The van der Waals surface area contributed by atoms with Crippen LogP contribution in [0.1, 0.15) is 80.4 Å². The molecule has 1 atom stereocenters. The first-order chi connectivity index (χ1) is 11.7. The van der Waals surface area contributed by atoms with Crippen LogP contribution in [0.4, 0.5) is 0 Å². The Morgan fingerprint density at radius 2 is 1.75 bits per heavy atom. The predicted molar refractivity (Wildman–Crippen MR) is 92.7 cm³/mol. The lowest BCUT2D eigenvalue weighted by Gasteiger charge is -2.29. The van der Waals surface area contributed by atoms with E-state index >= 15 is 0 Å². The Kier molecular flexibility index (Phi) is 4.59. The quantitative estimate of drug-likeness (QED) is 0.848. The maximum absolute atomic E-state index is 13.1. The van der Waals surface area contributed by atoms with Crippen molar-refractivity contribution in [3.63, 3.8) is 0 Å². The van der Waals surface area contributed by atoms with Crippen molar-refractivity contribution < 1.29 is 4.79 Å². The Morgan fingerprint density at radius 3 is 2.50 bits per heavy atom. The van der Waals surface area contributed by atoms with E-state index in [1.165, 1.54) is 57.8 Å². The second-order valence-electron chi connectivity index (χ2n) is 8.11. The topological polar surface area (TPSA) is 51.0 Å². The van der Waals surface area contributed by atoms with Crippen molar-refractivity contribution in [3.8, 4) is 0 Å². The van der Waals surface area contributed by atoms with E-state index in [4.69, 9.17) is 0 Å². The third-order valence-electron chi connectivity index (χ3n) is 6.60. The van der Waals surface area contributed by atoms with Gasteiger partial charge in [-0.2, -0.15) is 0 Å². The summed E-state index contributed by atoms with van der Waals surface area (Å²) in [6, 6.07) is 0.444.